The van der Waals surface area contributed by atoms with Crippen LogP contribution in [0.25, 0.3) is 0 Å². The fourth-order valence-corrected chi connectivity index (χ4v) is 17.9. The second kappa shape index (κ2) is 19.6. The summed E-state index contributed by atoms with van der Waals surface area (Å²) in [4.78, 5) is 0. The minimum absolute atomic E-state index is 0.106. The lowest BCUT2D eigenvalue weighted by Crippen LogP contribution is -2.39. The molecule has 0 aliphatic carbocycles. The minimum atomic E-state index is -1.06. The maximum Gasteiger partial charge on any atom is 0.124 e. The van der Waals surface area contributed by atoms with Crippen LogP contribution in [0.5, 0.6) is 23.0 Å². The van der Waals surface area contributed by atoms with E-state index in [1.54, 1.807) is 28.4 Å². The molecule has 0 bridgehead atoms. The van der Waals surface area contributed by atoms with Gasteiger partial charge in [0.25, 0.3) is 0 Å². The van der Waals surface area contributed by atoms with Crippen molar-refractivity contribution in [3.05, 3.63) is 165 Å². The van der Waals surface area contributed by atoms with Crippen LogP contribution < -0.4 is 40.2 Å². The van der Waals surface area contributed by atoms with Gasteiger partial charge in [-0.1, -0.05) is 74.5 Å². The molecule has 6 aromatic carbocycles. The fourth-order valence-electron chi connectivity index (χ4n) is 10.4. The van der Waals surface area contributed by atoms with Crippen molar-refractivity contribution >= 4 is 37.1 Å². The van der Waals surface area contributed by atoms with Gasteiger partial charge in [-0.2, -0.15) is 0 Å². The van der Waals surface area contributed by atoms with Crippen LogP contribution in [-0.2, 0) is 0 Å². The summed E-state index contributed by atoms with van der Waals surface area (Å²) in [6.45, 7) is 22.5. The second-order valence-corrected chi connectivity index (χ2v) is 21.3. The molecule has 61 heavy (non-hydrogen) atoms. The van der Waals surface area contributed by atoms with Crippen LogP contribution in [0.2, 0.25) is 0 Å². The first-order valence-electron chi connectivity index (χ1n) is 21.6. The molecule has 0 radical (unpaired) electrons. The normalized spacial score (nSPS) is 12.7. The maximum atomic E-state index is 6.01. The quantitative estimate of drug-likeness (QED) is 0.0909. The van der Waals surface area contributed by atoms with Gasteiger partial charge in [-0.15, -0.1) is 0 Å². The highest BCUT2D eigenvalue weighted by molar-refractivity contribution is 7.74. The Balaban J connectivity index is 1.82. The van der Waals surface area contributed by atoms with E-state index in [1.165, 1.54) is 32.3 Å². The molecule has 0 amide bonds. The zero-order chi connectivity index (χ0) is 44.2. The molecule has 6 rings (SSSR count). The molecule has 0 aliphatic rings. The van der Waals surface area contributed by atoms with Crippen LogP contribution in [0, 0.1) is 60.8 Å². The molecule has 0 saturated carbocycles. The lowest BCUT2D eigenvalue weighted by molar-refractivity contribution is 0.240. The lowest BCUT2D eigenvalue weighted by Gasteiger charge is -2.52. The highest BCUT2D eigenvalue weighted by atomic mass is 31.1. The largest absolute Gasteiger partial charge is 0.496 e. The minimum Gasteiger partial charge on any atom is -0.496 e. The predicted molar refractivity (Wildman–Crippen MR) is 264 cm³/mol. The standard InChI is InChI=1S/C55H66O4P2/c1-15-55(16-2,53(43-23-19-17-20-24-43)60(45-27-35(3)49(56-11)36(4)28-45)46-29-37(5)50(57-12)38(6)30-46)54(44-25-21-18-22-26-44)61(47-31-39(7)51(58-13)40(8)32-47)48-33-41(9)52(59-14)42(10)34-48/h17-34,53-54H,15-16H2,1-14H3. The Morgan fingerprint density at radius 2 is 0.590 bits per heavy atom. The number of hydrogen-bond acceptors (Lipinski definition) is 4. The Morgan fingerprint density at radius 3 is 0.770 bits per heavy atom. The van der Waals surface area contributed by atoms with E-state index < -0.39 is 15.8 Å². The molecule has 0 aliphatic heterocycles. The van der Waals surface area contributed by atoms with Crippen molar-refractivity contribution in [3.63, 3.8) is 0 Å². The Bertz CT molecular complexity index is 2080. The molecule has 0 spiro atoms. The summed E-state index contributed by atoms with van der Waals surface area (Å²) in [6, 6.07) is 42.3. The Labute approximate surface area is 369 Å². The van der Waals surface area contributed by atoms with E-state index in [9.17, 15) is 0 Å². The van der Waals surface area contributed by atoms with E-state index in [1.807, 2.05) is 0 Å². The van der Waals surface area contributed by atoms with Gasteiger partial charge < -0.3 is 18.9 Å². The van der Waals surface area contributed by atoms with Crippen molar-refractivity contribution < 1.29 is 18.9 Å². The molecular formula is C55H66O4P2. The number of ether oxygens (including phenoxy) is 4. The molecule has 0 heterocycles. The summed E-state index contributed by atoms with van der Waals surface area (Å²) in [6.07, 6.45) is 1.93. The number of methoxy groups -OCH3 is 4. The van der Waals surface area contributed by atoms with Crippen molar-refractivity contribution in [2.75, 3.05) is 28.4 Å². The smallest absolute Gasteiger partial charge is 0.124 e. The summed E-state index contributed by atoms with van der Waals surface area (Å²) in [7, 11) is 5.05. The first-order chi connectivity index (χ1) is 29.3. The number of hydrogen-bond donors (Lipinski definition) is 0. The van der Waals surface area contributed by atoms with Crippen LogP contribution in [0.4, 0.5) is 0 Å². The van der Waals surface area contributed by atoms with Crippen LogP contribution >= 0.6 is 15.8 Å². The molecule has 4 nitrogen and oxygen atoms in total. The molecule has 0 aromatic heterocycles. The lowest BCUT2D eigenvalue weighted by atomic mass is 9.71. The summed E-state index contributed by atoms with van der Waals surface area (Å²) < 4.78 is 24.0. The monoisotopic (exact) mass is 852 g/mol. The van der Waals surface area contributed by atoms with Gasteiger partial charge in [0.1, 0.15) is 23.0 Å². The molecule has 6 heteroatoms. The molecule has 6 aromatic rings. The second-order valence-electron chi connectivity index (χ2n) is 16.8. The van der Waals surface area contributed by atoms with Crippen LogP contribution in [-0.4, -0.2) is 28.4 Å². The van der Waals surface area contributed by atoms with Crippen molar-refractivity contribution in [2.24, 2.45) is 5.41 Å². The molecule has 0 fully saturated rings. The Hall–Kier alpha value is -4.62. The van der Waals surface area contributed by atoms with Gasteiger partial charge in [0.2, 0.25) is 0 Å². The zero-order valence-corrected chi connectivity index (χ0v) is 40.8. The fraction of sp³-hybridized carbons (Fsp3) is 0.345. The van der Waals surface area contributed by atoms with Gasteiger partial charge in [0.05, 0.1) is 28.4 Å². The Morgan fingerprint density at radius 1 is 0.377 bits per heavy atom. The number of rotatable bonds is 16. The van der Waals surface area contributed by atoms with E-state index in [0.29, 0.717) is 0 Å². The van der Waals surface area contributed by atoms with Gasteiger partial charge in [-0.3, -0.25) is 0 Å². The predicted octanol–water partition coefficient (Wildman–Crippen LogP) is 13.0. The van der Waals surface area contributed by atoms with Gasteiger partial charge in [0.15, 0.2) is 0 Å². The van der Waals surface area contributed by atoms with Gasteiger partial charge >= 0.3 is 0 Å². The third kappa shape index (κ3) is 8.87. The van der Waals surface area contributed by atoms with E-state index in [4.69, 9.17) is 18.9 Å². The van der Waals surface area contributed by atoms with Crippen LogP contribution in [0.1, 0.15) is 93.6 Å². The van der Waals surface area contributed by atoms with Crippen LogP contribution in [0.15, 0.2) is 109 Å². The average molecular weight is 853 g/mol. The number of aryl methyl sites for hydroxylation is 8. The summed E-state index contributed by atoms with van der Waals surface area (Å²) in [5.41, 5.74) is 12.0. The van der Waals surface area contributed by atoms with E-state index in [0.717, 1.165) is 80.3 Å². The topological polar surface area (TPSA) is 36.9 Å². The molecular weight excluding hydrogens is 787 g/mol. The van der Waals surface area contributed by atoms with Crippen molar-refractivity contribution in [3.8, 4) is 23.0 Å². The van der Waals surface area contributed by atoms with Gasteiger partial charge in [0, 0.05) is 11.3 Å². The molecule has 2 atom stereocenters. The van der Waals surface area contributed by atoms with Crippen molar-refractivity contribution in [1.29, 1.82) is 0 Å². The van der Waals surface area contributed by atoms with E-state index in [2.05, 4.69) is 178 Å². The average Bonchev–Trinajstić information content (AvgIpc) is 3.23. The third-order valence-electron chi connectivity index (χ3n) is 12.9. The molecule has 2 unspecified atom stereocenters. The zero-order valence-electron chi connectivity index (χ0n) is 39.0. The highest BCUT2D eigenvalue weighted by Gasteiger charge is 2.51. The summed E-state index contributed by atoms with van der Waals surface area (Å²) in [5, 5.41) is 5.44. The first-order valence-corrected chi connectivity index (χ1v) is 24.4. The Kier molecular flexibility index (Phi) is 14.8. The summed E-state index contributed by atoms with van der Waals surface area (Å²) >= 11 is 0. The first kappa shape index (κ1) is 45.9. The molecule has 320 valence electrons. The van der Waals surface area contributed by atoms with Crippen molar-refractivity contribution in [2.45, 2.75) is 93.4 Å². The van der Waals surface area contributed by atoms with Gasteiger partial charge in [-0.05, 0) is 215 Å². The maximum absolute atomic E-state index is 6.01. The SMILES string of the molecule is CCC(CC)(C(c1ccccc1)P(c1cc(C)c(OC)c(C)c1)c1cc(C)c(OC)c(C)c1)C(c1ccccc1)P(c1cc(C)c(OC)c(C)c1)c1cc(C)c(OC)c(C)c1. The van der Waals surface area contributed by atoms with Gasteiger partial charge in [-0.25, -0.2) is 0 Å². The van der Waals surface area contributed by atoms with E-state index >= 15 is 0 Å². The van der Waals surface area contributed by atoms with Crippen molar-refractivity contribution in [1.82, 2.24) is 0 Å². The molecule has 0 saturated heterocycles. The van der Waals surface area contributed by atoms with E-state index in [-0.39, 0.29) is 16.7 Å². The highest BCUT2D eigenvalue weighted by Crippen LogP contribution is 2.72. The third-order valence-corrected chi connectivity index (χ3v) is 18.8. The van der Waals surface area contributed by atoms with Crippen LogP contribution in [0.3, 0.4) is 0 Å². The molecule has 0 N–H and O–H groups in total. The number of benzene rings is 6. The summed E-state index contributed by atoms with van der Waals surface area (Å²) in [5.74, 6) is 3.82.